The fourth-order valence-corrected chi connectivity index (χ4v) is 14.4. The molecule has 2 aliphatic carbocycles. The number of hydrogen-bond acceptors (Lipinski definition) is 12. The molecule has 3 N–H and O–H groups in total. The maximum atomic E-state index is 15.3. The zero-order chi connectivity index (χ0) is 69.6. The minimum atomic E-state index is -4.50. The van der Waals surface area contributed by atoms with Crippen molar-refractivity contribution in [2.24, 2.45) is 35.5 Å². The smallest absolute Gasteiger partial charge is 0.381 e. The van der Waals surface area contributed by atoms with Gasteiger partial charge in [-0.3, -0.25) is 52.7 Å². The van der Waals surface area contributed by atoms with E-state index in [1.807, 2.05) is 34.6 Å². The SMILES string of the molecule is CC[C@H](C)[C@@H]1NC(=O)[C@H](CC(C)C)N(C)C(=O)C[C@@H](C)N(C)C(=O)[C@H](CC(C)C)N(C)C(=O)C2(CCOCC2)NC(=O)[C@@H]2CCCN2C(=O)[C@H](CCC2CCC(C(F)(F)F)C(Cl)C2)NC(=O)CN(C)C(=O)[C@H](CC2CCCCC2)N(C)C(=O)CN(C)C(=O)CN(C)C1=O. The summed E-state index contributed by atoms with van der Waals surface area (Å²) in [6.07, 6.45) is 1.38. The van der Waals surface area contributed by atoms with Gasteiger partial charge in [-0.25, -0.2) is 0 Å². The molecule has 2 saturated carbocycles. The van der Waals surface area contributed by atoms with Crippen LogP contribution in [-0.2, 0) is 57.5 Å². The summed E-state index contributed by atoms with van der Waals surface area (Å²) in [5, 5.41) is 7.52. The summed E-state index contributed by atoms with van der Waals surface area (Å²) in [5.74, 6) is -9.34. The minimum absolute atomic E-state index is 0.00495. The van der Waals surface area contributed by atoms with Crippen LogP contribution in [0.5, 0.6) is 0 Å². The van der Waals surface area contributed by atoms with Crippen molar-refractivity contribution in [3.8, 4) is 0 Å². The van der Waals surface area contributed by atoms with Gasteiger partial charge in [0, 0.05) is 99.8 Å². The summed E-state index contributed by atoms with van der Waals surface area (Å²) in [6, 6.07) is -7.64. The third kappa shape index (κ3) is 20.9. The van der Waals surface area contributed by atoms with E-state index in [0.717, 1.165) is 41.9 Å². The summed E-state index contributed by atoms with van der Waals surface area (Å²) in [4.78, 5) is 171. The van der Waals surface area contributed by atoms with Gasteiger partial charge in [-0.1, -0.05) is 80.1 Å². The Labute approximate surface area is 554 Å². The number of alkyl halides is 4. The number of fused-ring (bicyclic) bond motifs is 1. The fraction of sp³-hybridized carbons (Fsp3) is 0.833. The molecule has 528 valence electrons. The van der Waals surface area contributed by atoms with Gasteiger partial charge in [-0.2, -0.15) is 13.2 Å². The van der Waals surface area contributed by atoms with Crippen LogP contribution in [0, 0.1) is 35.5 Å². The van der Waals surface area contributed by atoms with Crippen molar-refractivity contribution >= 4 is 76.6 Å². The molecule has 3 aliphatic heterocycles. The normalized spacial score (nSPS) is 29.5. The van der Waals surface area contributed by atoms with Gasteiger partial charge in [0.2, 0.25) is 65.0 Å². The molecule has 0 aromatic carbocycles. The molecule has 0 radical (unpaired) electrons. The van der Waals surface area contributed by atoms with Crippen molar-refractivity contribution in [2.45, 2.75) is 230 Å². The molecule has 5 aliphatic rings. The topological polar surface area (TPSA) is 259 Å². The van der Waals surface area contributed by atoms with Gasteiger partial charge < -0.3 is 59.9 Å². The second kappa shape index (κ2) is 34.8. The molecular formula is C66H109ClF3N11O12. The van der Waals surface area contributed by atoms with E-state index in [1.165, 1.54) is 78.7 Å². The highest BCUT2D eigenvalue weighted by atomic mass is 35.5. The number of carbonyl (C=O) groups excluding carboxylic acids is 11. The van der Waals surface area contributed by atoms with Crippen LogP contribution in [0.2, 0.25) is 0 Å². The lowest BCUT2D eigenvalue weighted by atomic mass is 9.78. The molecule has 23 nitrogen and oxygen atoms in total. The Hall–Kier alpha value is -5.79. The maximum Gasteiger partial charge on any atom is 0.393 e. The van der Waals surface area contributed by atoms with Gasteiger partial charge >= 0.3 is 6.18 Å². The predicted molar refractivity (Wildman–Crippen MR) is 344 cm³/mol. The molecule has 5 rings (SSSR count). The number of ether oxygens (including phenoxy) is 1. The summed E-state index contributed by atoms with van der Waals surface area (Å²) in [6.45, 7) is 11.5. The van der Waals surface area contributed by atoms with Crippen LogP contribution in [0.3, 0.4) is 0 Å². The number of carbonyl (C=O) groups is 11. The summed E-state index contributed by atoms with van der Waals surface area (Å²) in [7, 11) is 10.2. The van der Waals surface area contributed by atoms with E-state index in [9.17, 15) is 56.3 Å². The van der Waals surface area contributed by atoms with Crippen LogP contribution < -0.4 is 16.0 Å². The highest BCUT2D eigenvalue weighted by molar-refractivity contribution is 6.20. The lowest BCUT2D eigenvalue weighted by Gasteiger charge is -2.43. The van der Waals surface area contributed by atoms with E-state index >= 15 is 9.59 Å². The summed E-state index contributed by atoms with van der Waals surface area (Å²) < 4.78 is 47.5. The number of hydrogen-bond donors (Lipinski definition) is 3. The summed E-state index contributed by atoms with van der Waals surface area (Å²) >= 11 is 6.37. The number of rotatable bonds is 11. The number of halogens is 4. The number of nitrogens with one attached hydrogen (secondary N) is 3. The van der Waals surface area contributed by atoms with Crippen LogP contribution in [0.1, 0.15) is 170 Å². The molecule has 27 heteroatoms. The van der Waals surface area contributed by atoms with Gasteiger partial charge in [0.25, 0.3) is 0 Å². The standard InChI is InChI=1S/C66H109ClF3N11O12/c1-15-42(6)57-63(91)76(10)38-55(84)74(8)39-56(85)79(13)52(36-44-20-17-16-18-21-44)61(89)75(9)37-53(82)71-48(26-24-45-23-25-46(47(67)35-45)66(68,69)70)60(88)81-29-19-22-49(81)59(87)73-65(27-30-93-31-28-65)64(92)80(14)51(33-41(4)5)62(90)77(11)43(7)34-54(83)78(12)50(32-40(2)3)58(86)72-57/h40-52,57H,15-39H2,1-14H3,(H,71,82)(H,72,86)(H,73,87)/t42-,43+,45?,46?,47?,48-,49-,50-,51-,52-,57-/m0/s1. The Morgan fingerprint density at radius 1 is 0.602 bits per heavy atom. The van der Waals surface area contributed by atoms with Gasteiger partial charge in [0.15, 0.2) is 0 Å². The van der Waals surface area contributed by atoms with E-state index in [4.69, 9.17) is 16.3 Å². The van der Waals surface area contributed by atoms with Gasteiger partial charge in [0.1, 0.15) is 41.8 Å². The Morgan fingerprint density at radius 2 is 1.19 bits per heavy atom. The zero-order valence-electron chi connectivity index (χ0n) is 57.7. The number of amides is 11. The second-order valence-corrected chi connectivity index (χ2v) is 29.0. The van der Waals surface area contributed by atoms with Crippen molar-refractivity contribution in [2.75, 3.05) is 88.7 Å². The molecule has 93 heavy (non-hydrogen) atoms. The zero-order valence-corrected chi connectivity index (χ0v) is 58.5. The predicted octanol–water partition coefficient (Wildman–Crippen LogP) is 5.19. The molecule has 1 spiro atoms. The van der Waals surface area contributed by atoms with E-state index < -0.39 is 156 Å². The molecular weight excluding hydrogens is 1230 g/mol. The minimum Gasteiger partial charge on any atom is -0.381 e. The van der Waals surface area contributed by atoms with Crippen LogP contribution in [0.4, 0.5) is 13.2 Å². The molecule has 5 fully saturated rings. The monoisotopic (exact) mass is 1340 g/mol. The first-order valence-corrected chi connectivity index (χ1v) is 34.3. The van der Waals surface area contributed by atoms with E-state index in [-0.39, 0.29) is 120 Å². The number of likely N-dealkylation sites (N-methyl/N-ethyl adjacent to an activating group) is 7. The molecule has 3 heterocycles. The Bertz CT molecular complexity index is 2620. The van der Waals surface area contributed by atoms with Crippen molar-refractivity contribution < 1.29 is 70.6 Å². The van der Waals surface area contributed by atoms with Gasteiger partial charge in [-0.15, -0.1) is 11.6 Å². The third-order valence-electron chi connectivity index (χ3n) is 20.4. The van der Waals surface area contributed by atoms with Crippen LogP contribution in [-0.4, -0.2) is 252 Å². The maximum absolute atomic E-state index is 15.3. The van der Waals surface area contributed by atoms with Crippen LogP contribution >= 0.6 is 11.6 Å². The van der Waals surface area contributed by atoms with E-state index in [1.54, 1.807) is 13.8 Å². The first-order valence-electron chi connectivity index (χ1n) is 33.8. The van der Waals surface area contributed by atoms with Gasteiger partial charge in [0.05, 0.1) is 25.6 Å². The first kappa shape index (κ1) is 77.9. The highest BCUT2D eigenvalue weighted by Gasteiger charge is 2.50. The molecule has 0 aromatic heterocycles. The average molecular weight is 1340 g/mol. The van der Waals surface area contributed by atoms with Crippen molar-refractivity contribution in [1.29, 1.82) is 0 Å². The van der Waals surface area contributed by atoms with Crippen LogP contribution in [0.25, 0.3) is 0 Å². The van der Waals surface area contributed by atoms with Crippen molar-refractivity contribution in [1.82, 2.24) is 55.1 Å². The Morgan fingerprint density at radius 3 is 1.78 bits per heavy atom. The van der Waals surface area contributed by atoms with E-state index in [0.29, 0.717) is 12.8 Å². The number of nitrogens with zero attached hydrogens (tertiary/aromatic N) is 8. The molecule has 3 unspecified atom stereocenters. The Balaban J connectivity index is 1.56. The molecule has 0 bridgehead atoms. The average Bonchev–Trinajstić information content (AvgIpc) is 1.40. The second-order valence-electron chi connectivity index (χ2n) is 28.4. The summed E-state index contributed by atoms with van der Waals surface area (Å²) in [5.41, 5.74) is -1.62. The van der Waals surface area contributed by atoms with Crippen molar-refractivity contribution in [3.05, 3.63) is 0 Å². The fourth-order valence-electron chi connectivity index (χ4n) is 13.9. The van der Waals surface area contributed by atoms with Gasteiger partial charge in [-0.05, 0) is 101 Å². The lowest BCUT2D eigenvalue weighted by molar-refractivity contribution is -0.182. The quantitative estimate of drug-likeness (QED) is 0.226. The molecule has 3 saturated heterocycles. The molecule has 11 atom stereocenters. The molecule has 0 aromatic rings. The van der Waals surface area contributed by atoms with E-state index in [2.05, 4.69) is 16.0 Å². The highest BCUT2D eigenvalue weighted by Crippen LogP contribution is 2.44. The largest absolute Gasteiger partial charge is 0.393 e. The lowest BCUT2D eigenvalue weighted by Crippen LogP contribution is -2.66. The third-order valence-corrected chi connectivity index (χ3v) is 20.8. The Kier molecular flexibility index (Phi) is 29.1. The van der Waals surface area contributed by atoms with Crippen molar-refractivity contribution in [3.63, 3.8) is 0 Å². The van der Waals surface area contributed by atoms with Crippen LogP contribution in [0.15, 0.2) is 0 Å². The molecule has 11 amide bonds. The first-order chi connectivity index (χ1) is 43.5.